The molecule has 3 atom stereocenters. The van der Waals surface area contributed by atoms with Gasteiger partial charge in [-0.1, -0.05) is 12.1 Å². The summed E-state index contributed by atoms with van der Waals surface area (Å²) in [4.78, 5) is 19.7. The highest BCUT2D eigenvalue weighted by molar-refractivity contribution is 5.88. The Balaban J connectivity index is 1.36. The number of carbonyl (C=O) groups is 1. The third-order valence-corrected chi connectivity index (χ3v) is 6.37. The van der Waals surface area contributed by atoms with Crippen molar-refractivity contribution >= 4 is 17.0 Å². The highest BCUT2D eigenvalue weighted by Crippen LogP contribution is 2.44. The van der Waals surface area contributed by atoms with E-state index in [-0.39, 0.29) is 6.09 Å². The van der Waals surface area contributed by atoms with E-state index in [0.717, 1.165) is 38.9 Å². The summed E-state index contributed by atoms with van der Waals surface area (Å²) in [5.41, 5.74) is 4.16. The second-order valence-corrected chi connectivity index (χ2v) is 7.92. The molecule has 2 fully saturated rings. The van der Waals surface area contributed by atoms with Crippen LogP contribution in [0.25, 0.3) is 10.9 Å². The van der Waals surface area contributed by atoms with Gasteiger partial charge in [-0.15, -0.1) is 0 Å². The number of ether oxygens (including phenoxy) is 1. The Morgan fingerprint density at radius 3 is 3.04 bits per heavy atom. The molecule has 1 N–H and O–H groups in total. The van der Waals surface area contributed by atoms with Crippen molar-refractivity contribution in [3.8, 4) is 0 Å². The van der Waals surface area contributed by atoms with Crippen LogP contribution >= 0.6 is 0 Å². The molecular weight excluding hydrogens is 314 g/mol. The number of amides is 1. The monoisotopic (exact) mass is 339 g/mol. The minimum atomic E-state index is -0.130. The minimum absolute atomic E-state index is 0.130. The predicted octanol–water partition coefficient (Wildman–Crippen LogP) is 2.97. The fourth-order valence-corrected chi connectivity index (χ4v) is 4.95. The number of aromatic nitrogens is 1. The molecule has 0 saturated carbocycles. The summed E-state index contributed by atoms with van der Waals surface area (Å²) in [6, 6.07) is 7.17. The lowest BCUT2D eigenvalue weighted by Gasteiger charge is -2.45. The molecule has 3 heterocycles. The zero-order valence-electron chi connectivity index (χ0n) is 14.7. The summed E-state index contributed by atoms with van der Waals surface area (Å²) in [7, 11) is 2.22. The number of aromatic amines is 1. The molecule has 1 aromatic carbocycles. The summed E-state index contributed by atoms with van der Waals surface area (Å²) in [6.45, 7) is 3.25. The molecule has 5 rings (SSSR count). The minimum Gasteiger partial charge on any atom is -0.449 e. The second kappa shape index (κ2) is 5.77. The van der Waals surface area contributed by atoms with Crippen LogP contribution in [0.15, 0.2) is 24.4 Å². The van der Waals surface area contributed by atoms with Gasteiger partial charge in [0.2, 0.25) is 0 Å². The van der Waals surface area contributed by atoms with Gasteiger partial charge in [0, 0.05) is 54.6 Å². The molecule has 1 unspecified atom stereocenters. The van der Waals surface area contributed by atoms with Crippen LogP contribution in [0.3, 0.4) is 0 Å². The second-order valence-electron chi connectivity index (χ2n) is 7.92. The third kappa shape index (κ3) is 2.44. The lowest BCUT2D eigenvalue weighted by atomic mass is 9.72. The van der Waals surface area contributed by atoms with Crippen molar-refractivity contribution in [1.29, 1.82) is 0 Å². The number of carbonyl (C=O) groups excluding carboxylic acids is 1. The molecular formula is C20H25N3O2. The molecule has 2 saturated heterocycles. The largest absolute Gasteiger partial charge is 0.449 e. The number of fused-ring (bicyclic) bond motifs is 2. The van der Waals surface area contributed by atoms with Gasteiger partial charge in [0.15, 0.2) is 0 Å². The molecule has 25 heavy (non-hydrogen) atoms. The lowest BCUT2D eigenvalue weighted by molar-refractivity contribution is 0.0380. The maximum atomic E-state index is 12.0. The van der Waals surface area contributed by atoms with E-state index in [1.165, 1.54) is 22.0 Å². The van der Waals surface area contributed by atoms with E-state index in [9.17, 15) is 4.79 Å². The topological polar surface area (TPSA) is 48.6 Å². The molecule has 2 aromatic rings. The van der Waals surface area contributed by atoms with Crippen LogP contribution in [0.5, 0.6) is 0 Å². The standard InChI is InChI=1S/C20H25N3O2/c1-22-11-13(12-25-20(24)23-6-3-7-23)8-16-15-4-2-5-17-19(15)14(10-21-17)9-18(16)22/h2,4-5,10,13,16,18,21H,3,6-9,11-12H2,1H3/t13-,16?,18-/m1/s1. The van der Waals surface area contributed by atoms with Crippen molar-refractivity contribution in [3.63, 3.8) is 0 Å². The van der Waals surface area contributed by atoms with Gasteiger partial charge in [0.25, 0.3) is 0 Å². The fourth-order valence-electron chi connectivity index (χ4n) is 4.95. The van der Waals surface area contributed by atoms with Crippen molar-refractivity contribution in [2.45, 2.75) is 31.2 Å². The number of hydrogen-bond donors (Lipinski definition) is 1. The first kappa shape index (κ1) is 15.3. The molecule has 1 amide bonds. The Hall–Kier alpha value is -2.01. The smallest absolute Gasteiger partial charge is 0.409 e. The van der Waals surface area contributed by atoms with Gasteiger partial charge in [-0.25, -0.2) is 4.79 Å². The molecule has 2 aliphatic heterocycles. The Bertz CT molecular complexity index is 810. The highest BCUT2D eigenvalue weighted by atomic mass is 16.6. The third-order valence-electron chi connectivity index (χ3n) is 6.37. The van der Waals surface area contributed by atoms with Crippen molar-refractivity contribution in [2.75, 3.05) is 33.3 Å². The number of likely N-dealkylation sites (N-methyl/N-ethyl adjacent to an activating group) is 1. The number of nitrogens with one attached hydrogen (secondary N) is 1. The van der Waals surface area contributed by atoms with Crippen LogP contribution in [0.1, 0.15) is 29.9 Å². The Labute approximate surface area is 147 Å². The number of rotatable bonds is 2. The number of benzene rings is 1. The predicted molar refractivity (Wildman–Crippen MR) is 96.8 cm³/mol. The summed E-state index contributed by atoms with van der Waals surface area (Å²) in [5.74, 6) is 0.936. The quantitative estimate of drug-likeness (QED) is 0.915. The molecule has 0 spiro atoms. The zero-order chi connectivity index (χ0) is 17.0. The Morgan fingerprint density at radius 2 is 2.24 bits per heavy atom. The van der Waals surface area contributed by atoms with Crippen molar-refractivity contribution in [2.24, 2.45) is 5.92 Å². The van der Waals surface area contributed by atoms with E-state index >= 15 is 0 Å². The van der Waals surface area contributed by atoms with Crippen molar-refractivity contribution in [3.05, 3.63) is 35.5 Å². The number of nitrogens with zero attached hydrogens (tertiary/aromatic N) is 2. The first-order valence-electron chi connectivity index (χ1n) is 9.41. The van der Waals surface area contributed by atoms with Crippen molar-refractivity contribution < 1.29 is 9.53 Å². The number of hydrogen-bond acceptors (Lipinski definition) is 3. The molecule has 5 nitrogen and oxygen atoms in total. The summed E-state index contributed by atoms with van der Waals surface area (Å²) in [5, 5.41) is 1.43. The van der Waals surface area contributed by atoms with E-state index in [1.54, 1.807) is 4.90 Å². The molecule has 1 aromatic heterocycles. The molecule has 5 heteroatoms. The first-order chi connectivity index (χ1) is 12.2. The Kier molecular flexibility index (Phi) is 3.52. The van der Waals surface area contributed by atoms with E-state index in [2.05, 4.69) is 41.3 Å². The SMILES string of the molecule is CN1C[C@H](COC(=O)N2CCC2)CC2c3cccc4[nH]cc(c34)C[C@H]21. The van der Waals surface area contributed by atoms with Crippen LogP contribution in [-0.2, 0) is 11.2 Å². The van der Waals surface area contributed by atoms with E-state index in [1.807, 2.05) is 0 Å². The zero-order valence-corrected chi connectivity index (χ0v) is 14.7. The number of likely N-dealkylation sites (tertiary alicyclic amines) is 2. The van der Waals surface area contributed by atoms with Crippen LogP contribution in [0, 0.1) is 5.92 Å². The van der Waals surface area contributed by atoms with E-state index in [0.29, 0.717) is 24.5 Å². The van der Waals surface area contributed by atoms with E-state index < -0.39 is 0 Å². The van der Waals surface area contributed by atoms with Crippen LogP contribution in [-0.4, -0.2) is 60.2 Å². The Morgan fingerprint density at radius 1 is 1.36 bits per heavy atom. The van der Waals surface area contributed by atoms with Crippen LogP contribution in [0.4, 0.5) is 4.79 Å². The average Bonchev–Trinajstić information content (AvgIpc) is 2.97. The average molecular weight is 339 g/mol. The highest BCUT2D eigenvalue weighted by Gasteiger charge is 2.39. The van der Waals surface area contributed by atoms with Crippen LogP contribution in [0.2, 0.25) is 0 Å². The first-order valence-corrected chi connectivity index (χ1v) is 9.41. The number of piperidine rings is 1. The molecule has 0 radical (unpaired) electrons. The van der Waals surface area contributed by atoms with Crippen molar-refractivity contribution in [1.82, 2.24) is 14.8 Å². The van der Waals surface area contributed by atoms with Gasteiger partial charge in [-0.3, -0.25) is 0 Å². The molecule has 132 valence electrons. The fraction of sp³-hybridized carbons (Fsp3) is 0.550. The maximum Gasteiger partial charge on any atom is 0.409 e. The normalized spacial score (nSPS) is 28.5. The summed E-state index contributed by atoms with van der Waals surface area (Å²) < 4.78 is 5.60. The number of H-pyrrole nitrogens is 1. The van der Waals surface area contributed by atoms with Gasteiger partial charge in [-0.05, 0) is 43.5 Å². The van der Waals surface area contributed by atoms with Crippen LogP contribution < -0.4 is 0 Å². The lowest BCUT2D eigenvalue weighted by Crippen LogP contribution is -2.49. The molecule has 1 aliphatic carbocycles. The molecule has 0 bridgehead atoms. The van der Waals surface area contributed by atoms with Gasteiger partial charge in [-0.2, -0.15) is 0 Å². The van der Waals surface area contributed by atoms with Gasteiger partial charge in [0.05, 0.1) is 6.61 Å². The van der Waals surface area contributed by atoms with Gasteiger partial charge < -0.3 is 19.5 Å². The summed E-state index contributed by atoms with van der Waals surface area (Å²) in [6.07, 6.45) is 5.37. The van der Waals surface area contributed by atoms with Gasteiger partial charge in [0.1, 0.15) is 0 Å². The maximum absolute atomic E-state index is 12.0. The van der Waals surface area contributed by atoms with Gasteiger partial charge >= 0.3 is 6.09 Å². The van der Waals surface area contributed by atoms with E-state index in [4.69, 9.17) is 4.74 Å². The summed E-state index contributed by atoms with van der Waals surface area (Å²) >= 11 is 0. The molecule has 3 aliphatic rings.